The number of hydrogen-bond donors (Lipinski definition) is 1. The Labute approximate surface area is 168 Å². The number of thioether (sulfide) groups is 1. The molecule has 28 heavy (non-hydrogen) atoms. The highest BCUT2D eigenvalue weighted by molar-refractivity contribution is 8.18. The van der Waals surface area contributed by atoms with Gasteiger partial charge in [0.2, 0.25) is 0 Å². The predicted octanol–water partition coefficient (Wildman–Crippen LogP) is 4.43. The van der Waals surface area contributed by atoms with Crippen LogP contribution in [0.15, 0.2) is 41.3 Å². The molecule has 1 N–H and O–H groups in total. The summed E-state index contributed by atoms with van der Waals surface area (Å²) < 4.78 is 10.5. The molecule has 0 unspecified atom stereocenters. The quantitative estimate of drug-likeness (QED) is 0.726. The number of nitrogens with zero attached hydrogens (tertiary/aromatic N) is 1. The van der Waals surface area contributed by atoms with Crippen LogP contribution in [0.3, 0.4) is 0 Å². The number of ether oxygens (including phenoxy) is 2. The van der Waals surface area contributed by atoms with Crippen molar-refractivity contribution >= 4 is 34.7 Å². The smallest absolute Gasteiger partial charge is 0.295 e. The van der Waals surface area contributed by atoms with Crippen LogP contribution in [0.5, 0.6) is 11.5 Å². The minimum absolute atomic E-state index is 0.123. The van der Waals surface area contributed by atoms with E-state index in [4.69, 9.17) is 9.47 Å². The highest BCUT2D eigenvalue weighted by Crippen LogP contribution is 2.34. The molecule has 1 fully saturated rings. The number of carbonyl (C=O) groups excluding carboxylic acids is 2. The maximum atomic E-state index is 12.7. The molecule has 1 aliphatic heterocycles. The lowest BCUT2D eigenvalue weighted by Gasteiger charge is -2.16. The lowest BCUT2D eigenvalue weighted by atomic mass is 10.1. The van der Waals surface area contributed by atoms with Gasteiger partial charge in [-0.15, -0.1) is 0 Å². The van der Waals surface area contributed by atoms with Crippen LogP contribution in [0.2, 0.25) is 0 Å². The number of benzene rings is 2. The largest absolute Gasteiger partial charge is 0.493 e. The van der Waals surface area contributed by atoms with E-state index in [0.717, 1.165) is 34.1 Å². The molecule has 0 aliphatic carbocycles. The number of anilines is 1. The van der Waals surface area contributed by atoms with E-state index in [1.54, 1.807) is 32.4 Å². The zero-order chi connectivity index (χ0) is 20.3. The van der Waals surface area contributed by atoms with E-state index < -0.39 is 0 Å². The molecule has 0 spiro atoms. The predicted molar refractivity (Wildman–Crippen MR) is 112 cm³/mol. The molecule has 2 aromatic rings. The molecule has 7 heteroatoms. The van der Waals surface area contributed by atoms with Gasteiger partial charge >= 0.3 is 0 Å². The number of imide groups is 1. The summed E-state index contributed by atoms with van der Waals surface area (Å²) in [5.41, 5.74) is 3.82. The van der Waals surface area contributed by atoms with E-state index >= 15 is 0 Å². The Morgan fingerprint density at radius 2 is 1.79 bits per heavy atom. The number of rotatable bonds is 6. The fourth-order valence-electron chi connectivity index (χ4n) is 2.82. The van der Waals surface area contributed by atoms with Crippen molar-refractivity contribution < 1.29 is 19.1 Å². The van der Waals surface area contributed by atoms with E-state index in [9.17, 15) is 9.59 Å². The molecule has 6 nitrogen and oxygen atoms in total. The van der Waals surface area contributed by atoms with Gasteiger partial charge in [-0.3, -0.25) is 14.5 Å². The van der Waals surface area contributed by atoms with Crippen molar-refractivity contribution in [1.29, 1.82) is 0 Å². The van der Waals surface area contributed by atoms with E-state index in [1.165, 1.54) is 4.90 Å². The van der Waals surface area contributed by atoms with Gasteiger partial charge < -0.3 is 14.8 Å². The first kappa shape index (κ1) is 19.8. The van der Waals surface area contributed by atoms with Crippen molar-refractivity contribution in [1.82, 2.24) is 4.90 Å². The average molecular weight is 398 g/mol. The first-order valence-corrected chi connectivity index (χ1v) is 9.53. The van der Waals surface area contributed by atoms with Crippen LogP contribution in [0.1, 0.15) is 16.7 Å². The fraction of sp³-hybridized carbons (Fsp3) is 0.238. The summed E-state index contributed by atoms with van der Waals surface area (Å²) in [5.74, 6) is 0.847. The standard InChI is InChI=1S/C21H22N2O4S/c1-13-5-6-14(2)16(9-13)22-12-23-20(24)19(28-21(23)25)11-15-7-8-17(26-3)18(10-15)27-4/h5-11,22H,12H2,1-4H3/b19-11-. The van der Waals surface area contributed by atoms with Crippen molar-refractivity contribution in [2.24, 2.45) is 0 Å². The van der Waals surface area contributed by atoms with Crippen LogP contribution in [-0.4, -0.2) is 36.9 Å². The second-order valence-corrected chi connectivity index (χ2v) is 7.37. The lowest BCUT2D eigenvalue weighted by Crippen LogP contribution is -2.33. The van der Waals surface area contributed by atoms with Crippen LogP contribution in [-0.2, 0) is 4.79 Å². The summed E-state index contributed by atoms with van der Waals surface area (Å²) in [6.45, 7) is 4.10. The van der Waals surface area contributed by atoms with E-state index in [2.05, 4.69) is 5.32 Å². The number of hydrogen-bond acceptors (Lipinski definition) is 6. The summed E-state index contributed by atoms with van der Waals surface area (Å²) in [6.07, 6.45) is 1.69. The minimum Gasteiger partial charge on any atom is -0.493 e. The van der Waals surface area contributed by atoms with E-state index in [0.29, 0.717) is 16.4 Å². The molecule has 1 heterocycles. The Bertz CT molecular complexity index is 955. The molecule has 0 saturated carbocycles. The topological polar surface area (TPSA) is 67.9 Å². The van der Waals surface area contributed by atoms with Crippen LogP contribution in [0.25, 0.3) is 6.08 Å². The van der Waals surface area contributed by atoms with Gasteiger partial charge in [-0.2, -0.15) is 0 Å². The van der Waals surface area contributed by atoms with Gasteiger partial charge in [0, 0.05) is 5.69 Å². The first-order valence-electron chi connectivity index (χ1n) is 8.71. The number of amides is 2. The van der Waals surface area contributed by atoms with Gasteiger partial charge in [0.25, 0.3) is 11.1 Å². The fourth-order valence-corrected chi connectivity index (χ4v) is 3.66. The van der Waals surface area contributed by atoms with Crippen molar-refractivity contribution in [2.75, 3.05) is 26.2 Å². The molecule has 0 atom stereocenters. The first-order chi connectivity index (χ1) is 13.4. The van der Waals surface area contributed by atoms with Crippen LogP contribution in [0, 0.1) is 13.8 Å². The normalized spacial score (nSPS) is 15.3. The maximum Gasteiger partial charge on any atom is 0.295 e. The lowest BCUT2D eigenvalue weighted by molar-refractivity contribution is -0.122. The summed E-state index contributed by atoms with van der Waals surface area (Å²) in [5, 5.41) is 2.88. The van der Waals surface area contributed by atoms with Gasteiger partial charge in [-0.1, -0.05) is 18.2 Å². The maximum absolute atomic E-state index is 12.7. The summed E-state index contributed by atoms with van der Waals surface area (Å²) in [6, 6.07) is 11.4. The number of carbonyl (C=O) groups is 2. The minimum atomic E-state index is -0.317. The Hall–Kier alpha value is -2.93. The summed E-state index contributed by atoms with van der Waals surface area (Å²) >= 11 is 0.929. The second-order valence-electron chi connectivity index (χ2n) is 6.38. The van der Waals surface area contributed by atoms with Gasteiger partial charge in [0.15, 0.2) is 11.5 Å². The second kappa shape index (κ2) is 8.39. The summed E-state index contributed by atoms with van der Waals surface area (Å²) in [7, 11) is 3.11. The van der Waals surface area contributed by atoms with Crippen molar-refractivity contribution in [2.45, 2.75) is 13.8 Å². The Morgan fingerprint density at radius 3 is 2.50 bits per heavy atom. The van der Waals surface area contributed by atoms with Crippen LogP contribution in [0.4, 0.5) is 10.5 Å². The summed E-state index contributed by atoms with van der Waals surface area (Å²) in [4.78, 5) is 26.6. The van der Waals surface area contributed by atoms with Crippen LogP contribution < -0.4 is 14.8 Å². The zero-order valence-electron chi connectivity index (χ0n) is 16.2. The highest BCUT2D eigenvalue weighted by Gasteiger charge is 2.34. The average Bonchev–Trinajstić information content (AvgIpc) is 2.95. The molecule has 1 saturated heterocycles. The van der Waals surface area contributed by atoms with Gasteiger partial charge in [0.05, 0.1) is 25.8 Å². The molecule has 2 aromatic carbocycles. The Balaban J connectivity index is 1.76. The van der Waals surface area contributed by atoms with E-state index in [-0.39, 0.29) is 17.8 Å². The van der Waals surface area contributed by atoms with Gasteiger partial charge in [0.1, 0.15) is 0 Å². The van der Waals surface area contributed by atoms with Crippen molar-refractivity contribution in [3.8, 4) is 11.5 Å². The number of nitrogens with one attached hydrogen (secondary N) is 1. The van der Waals surface area contributed by atoms with Crippen molar-refractivity contribution in [3.05, 3.63) is 58.0 Å². The third-order valence-corrected chi connectivity index (χ3v) is 5.31. The zero-order valence-corrected chi connectivity index (χ0v) is 17.1. The molecule has 1 aliphatic rings. The van der Waals surface area contributed by atoms with Gasteiger partial charge in [-0.25, -0.2) is 0 Å². The molecular weight excluding hydrogens is 376 g/mol. The monoisotopic (exact) mass is 398 g/mol. The van der Waals surface area contributed by atoms with Gasteiger partial charge in [-0.05, 0) is 66.6 Å². The SMILES string of the molecule is COc1ccc(/C=C2\SC(=O)N(CNc3cc(C)ccc3C)C2=O)cc1OC. The molecule has 0 radical (unpaired) electrons. The third kappa shape index (κ3) is 4.14. The molecule has 3 rings (SSSR count). The molecule has 0 aromatic heterocycles. The van der Waals surface area contributed by atoms with Crippen molar-refractivity contribution in [3.63, 3.8) is 0 Å². The molecular formula is C21H22N2O4S. The number of aryl methyl sites for hydroxylation is 2. The molecule has 0 bridgehead atoms. The van der Waals surface area contributed by atoms with E-state index in [1.807, 2.05) is 38.1 Å². The molecule has 2 amide bonds. The Morgan fingerprint density at radius 1 is 1.04 bits per heavy atom. The van der Waals surface area contributed by atoms with Crippen LogP contribution >= 0.6 is 11.8 Å². The third-order valence-electron chi connectivity index (χ3n) is 4.40. The highest BCUT2D eigenvalue weighted by atomic mass is 32.2. The Kier molecular flexibility index (Phi) is 5.94. The molecule has 146 valence electrons. The number of methoxy groups -OCH3 is 2.